The molecule has 0 aliphatic carbocycles. The first-order valence-corrected chi connectivity index (χ1v) is 6.52. The van der Waals surface area contributed by atoms with Gasteiger partial charge in [-0.2, -0.15) is 0 Å². The molecule has 3 heteroatoms. The van der Waals surface area contributed by atoms with E-state index in [1.165, 1.54) is 25.7 Å². The van der Waals surface area contributed by atoms with E-state index in [1.807, 2.05) is 0 Å². The number of nitrogens with one attached hydrogen (secondary N) is 1. The van der Waals surface area contributed by atoms with Crippen LogP contribution in [0.1, 0.15) is 32.6 Å². The Bertz CT molecular complexity index is 218. The third kappa shape index (κ3) is 2.74. The van der Waals surface area contributed by atoms with Crippen LogP contribution in [0.4, 0.5) is 0 Å². The highest BCUT2D eigenvalue weighted by atomic mass is 35.5. The molecule has 0 amide bonds. The Morgan fingerprint density at radius 1 is 1.33 bits per heavy atom. The summed E-state index contributed by atoms with van der Waals surface area (Å²) in [4.78, 5) is 2.55. The highest BCUT2D eigenvalue weighted by molar-refractivity contribution is 6.25. The van der Waals surface area contributed by atoms with Crippen LogP contribution in [0, 0.1) is 0 Å². The second-order valence-corrected chi connectivity index (χ2v) is 4.96. The van der Waals surface area contributed by atoms with Crippen molar-refractivity contribution >= 4 is 11.6 Å². The van der Waals surface area contributed by atoms with Crippen molar-refractivity contribution in [1.29, 1.82) is 0 Å². The molecule has 0 aromatic rings. The molecule has 2 rings (SSSR count). The Kier molecular flexibility index (Phi) is 4.06. The van der Waals surface area contributed by atoms with Gasteiger partial charge < -0.3 is 5.32 Å². The van der Waals surface area contributed by atoms with E-state index in [9.17, 15) is 0 Å². The summed E-state index contributed by atoms with van der Waals surface area (Å²) in [6, 6.07) is 2.33. The first-order chi connectivity index (χ1) is 7.33. The highest BCUT2D eigenvalue weighted by Crippen LogP contribution is 2.29. The number of halogens is 1. The molecule has 2 bridgehead atoms. The first-order valence-electron chi connectivity index (χ1n) is 6.08. The number of nitrogens with zero attached hydrogens (tertiary/aromatic N) is 1. The minimum absolute atomic E-state index is 0.765. The monoisotopic (exact) mass is 228 g/mol. The summed E-state index contributed by atoms with van der Waals surface area (Å²) < 4.78 is 0. The maximum atomic E-state index is 5.59. The Labute approximate surface area is 97.7 Å². The molecule has 2 atom stereocenters. The topological polar surface area (TPSA) is 15.3 Å². The van der Waals surface area contributed by atoms with Gasteiger partial charge in [-0.05, 0) is 32.2 Å². The van der Waals surface area contributed by atoms with Crippen LogP contribution < -0.4 is 5.32 Å². The summed E-state index contributed by atoms with van der Waals surface area (Å²) in [7, 11) is 0. The van der Waals surface area contributed by atoms with Crippen LogP contribution in [0.15, 0.2) is 11.6 Å². The predicted molar refractivity (Wildman–Crippen MR) is 65.2 cm³/mol. The lowest BCUT2D eigenvalue weighted by atomic mass is 9.98. The number of fused-ring (bicyclic) bond motifs is 2. The maximum absolute atomic E-state index is 5.59. The van der Waals surface area contributed by atoms with Gasteiger partial charge in [0.05, 0.1) is 0 Å². The fourth-order valence-corrected chi connectivity index (χ4v) is 3.12. The van der Waals surface area contributed by atoms with E-state index < -0.39 is 0 Å². The number of rotatable bonds is 4. The standard InChI is InChI=1S/C12H21ClN2/c1-2-15(7-3-6-13)12-8-10-4-5-11(9-12)14-10/h3,6,10-12,14H,2,4-5,7-9H2,1H3/b6-3+. The lowest BCUT2D eigenvalue weighted by molar-refractivity contribution is 0.162. The zero-order chi connectivity index (χ0) is 10.7. The summed E-state index contributed by atoms with van der Waals surface area (Å²) in [6.07, 6.45) is 7.45. The Morgan fingerprint density at radius 3 is 2.53 bits per heavy atom. The third-order valence-corrected chi connectivity index (χ3v) is 3.98. The molecule has 0 saturated carbocycles. The van der Waals surface area contributed by atoms with Gasteiger partial charge in [-0.15, -0.1) is 0 Å². The SMILES string of the molecule is CCN(C/C=C/Cl)C1CC2CCC(C1)N2. The quantitative estimate of drug-likeness (QED) is 0.795. The van der Waals surface area contributed by atoms with Crippen LogP contribution in [0.25, 0.3) is 0 Å². The van der Waals surface area contributed by atoms with Crippen LogP contribution in [0.5, 0.6) is 0 Å². The third-order valence-electron chi connectivity index (χ3n) is 3.80. The van der Waals surface area contributed by atoms with E-state index >= 15 is 0 Å². The molecule has 2 unspecified atom stereocenters. The van der Waals surface area contributed by atoms with Crippen LogP contribution >= 0.6 is 11.6 Å². The van der Waals surface area contributed by atoms with Crippen molar-refractivity contribution in [1.82, 2.24) is 10.2 Å². The van der Waals surface area contributed by atoms with E-state index in [-0.39, 0.29) is 0 Å². The van der Waals surface area contributed by atoms with E-state index in [2.05, 4.69) is 23.2 Å². The molecule has 0 spiro atoms. The van der Waals surface area contributed by atoms with Crippen molar-refractivity contribution in [3.05, 3.63) is 11.6 Å². The molecule has 2 saturated heterocycles. The average molecular weight is 229 g/mol. The summed E-state index contributed by atoms with van der Waals surface area (Å²) in [5, 5.41) is 3.68. The smallest absolute Gasteiger partial charge is 0.0177 e. The number of hydrogen-bond donors (Lipinski definition) is 1. The number of hydrogen-bond acceptors (Lipinski definition) is 2. The van der Waals surface area contributed by atoms with E-state index in [1.54, 1.807) is 5.54 Å². The fraction of sp³-hybridized carbons (Fsp3) is 0.833. The molecule has 1 N–H and O–H groups in total. The number of piperidine rings is 1. The van der Waals surface area contributed by atoms with Crippen molar-refractivity contribution in [2.24, 2.45) is 0 Å². The average Bonchev–Trinajstić information content (AvgIpc) is 2.59. The fourth-order valence-electron chi connectivity index (χ4n) is 3.04. The molecule has 2 fully saturated rings. The molecular weight excluding hydrogens is 208 g/mol. The van der Waals surface area contributed by atoms with Gasteiger partial charge >= 0.3 is 0 Å². The zero-order valence-electron chi connectivity index (χ0n) is 9.45. The van der Waals surface area contributed by atoms with E-state index in [0.717, 1.165) is 31.2 Å². The zero-order valence-corrected chi connectivity index (χ0v) is 10.2. The molecule has 0 aromatic carbocycles. The van der Waals surface area contributed by atoms with Gasteiger partial charge in [0.25, 0.3) is 0 Å². The Morgan fingerprint density at radius 2 is 2.00 bits per heavy atom. The predicted octanol–water partition coefficient (Wildman–Crippen LogP) is 2.34. The molecule has 15 heavy (non-hydrogen) atoms. The maximum Gasteiger partial charge on any atom is 0.0177 e. The molecule has 0 radical (unpaired) electrons. The summed E-state index contributed by atoms with van der Waals surface area (Å²) >= 11 is 5.59. The summed E-state index contributed by atoms with van der Waals surface area (Å²) in [5.41, 5.74) is 1.64. The largest absolute Gasteiger partial charge is 0.311 e. The summed E-state index contributed by atoms with van der Waals surface area (Å²) in [5.74, 6) is 0. The van der Waals surface area contributed by atoms with E-state index in [4.69, 9.17) is 11.6 Å². The Hall–Kier alpha value is -0.0500. The van der Waals surface area contributed by atoms with Crippen molar-refractivity contribution in [3.8, 4) is 0 Å². The van der Waals surface area contributed by atoms with Crippen molar-refractivity contribution < 1.29 is 0 Å². The normalized spacial score (nSPS) is 35.5. The van der Waals surface area contributed by atoms with Crippen LogP contribution in [0.3, 0.4) is 0 Å². The van der Waals surface area contributed by atoms with Crippen molar-refractivity contribution in [2.45, 2.75) is 50.7 Å². The molecule has 0 aromatic heterocycles. The molecular formula is C12H21ClN2. The van der Waals surface area contributed by atoms with Gasteiger partial charge in [-0.3, -0.25) is 4.90 Å². The molecule has 2 nitrogen and oxygen atoms in total. The molecule has 86 valence electrons. The Balaban J connectivity index is 1.90. The summed E-state index contributed by atoms with van der Waals surface area (Å²) in [6.45, 7) is 4.38. The van der Waals surface area contributed by atoms with Crippen molar-refractivity contribution in [3.63, 3.8) is 0 Å². The molecule has 2 aliphatic rings. The lowest BCUT2D eigenvalue weighted by Gasteiger charge is -2.36. The molecule has 2 aliphatic heterocycles. The second kappa shape index (κ2) is 5.33. The van der Waals surface area contributed by atoms with E-state index in [0.29, 0.717) is 0 Å². The van der Waals surface area contributed by atoms with Crippen LogP contribution in [-0.4, -0.2) is 36.1 Å². The van der Waals surface area contributed by atoms with Gasteiger partial charge in [0.15, 0.2) is 0 Å². The first kappa shape index (κ1) is 11.4. The van der Waals surface area contributed by atoms with Gasteiger partial charge in [-0.25, -0.2) is 0 Å². The minimum atomic E-state index is 0.765. The van der Waals surface area contributed by atoms with Crippen LogP contribution in [-0.2, 0) is 0 Å². The van der Waals surface area contributed by atoms with Gasteiger partial charge in [0.2, 0.25) is 0 Å². The van der Waals surface area contributed by atoms with Crippen LogP contribution in [0.2, 0.25) is 0 Å². The number of likely N-dealkylation sites (N-methyl/N-ethyl adjacent to an activating group) is 1. The van der Waals surface area contributed by atoms with Gasteiger partial charge in [0.1, 0.15) is 0 Å². The highest BCUT2D eigenvalue weighted by Gasteiger charge is 2.35. The molecule has 2 heterocycles. The van der Waals surface area contributed by atoms with Crippen molar-refractivity contribution in [2.75, 3.05) is 13.1 Å². The van der Waals surface area contributed by atoms with Gasteiger partial charge in [0, 0.05) is 30.2 Å². The second-order valence-electron chi connectivity index (χ2n) is 4.71. The minimum Gasteiger partial charge on any atom is -0.311 e. The lowest BCUT2D eigenvalue weighted by Crippen LogP contribution is -2.48. The van der Waals surface area contributed by atoms with Gasteiger partial charge in [-0.1, -0.05) is 24.6 Å².